The molecule has 7 rings (SSSR count). The minimum atomic E-state index is -0.362. The standard InChI is InChI=1S/C35H56N2O3/c1-33-14-15-35(39-23-20-36-16-3-4-17-36,40-24-21-37-18-5-6-19-37)25-28(33)7-8-29-31-10-9-30(27-12-22-38-26-27)34(31,2)13-11-32(29)33/h12,22,26,28-32H,3-11,13-21,23-25H2,1-2H3/t28-,29+,30+,31+,32+,33+,34-/m1/s1. The second kappa shape index (κ2) is 11.3. The highest BCUT2D eigenvalue weighted by molar-refractivity contribution is 5.22. The largest absolute Gasteiger partial charge is 0.472 e. The SMILES string of the molecule is C[C@]12CCC(OCCN3CCCC3)(OCCN3CCCC3)C[C@H]1CC[C@@H]1[C@@H]2CC[C@]2(C)[C@H](c3ccoc3)CC[C@@H]12. The highest BCUT2D eigenvalue weighted by atomic mass is 16.7. The van der Waals surface area contributed by atoms with E-state index in [-0.39, 0.29) is 5.79 Å². The first-order chi connectivity index (χ1) is 19.5. The van der Waals surface area contributed by atoms with E-state index in [1.165, 1.54) is 102 Å². The third-order valence-electron chi connectivity index (χ3n) is 13.6. The lowest BCUT2D eigenvalue weighted by Gasteiger charge is -2.62. The summed E-state index contributed by atoms with van der Waals surface area (Å²) in [5.74, 6) is 3.71. The molecule has 7 atom stereocenters. The molecule has 4 aliphatic carbocycles. The van der Waals surface area contributed by atoms with E-state index in [9.17, 15) is 0 Å². The van der Waals surface area contributed by atoms with Gasteiger partial charge in [0.1, 0.15) is 0 Å². The topological polar surface area (TPSA) is 38.1 Å². The second-order valence-electron chi connectivity index (χ2n) is 15.3. The van der Waals surface area contributed by atoms with Crippen molar-refractivity contribution in [3.63, 3.8) is 0 Å². The molecule has 0 N–H and O–H groups in total. The molecule has 0 amide bonds. The van der Waals surface area contributed by atoms with Crippen molar-refractivity contribution in [1.82, 2.24) is 9.80 Å². The van der Waals surface area contributed by atoms with Crippen LogP contribution in [0.4, 0.5) is 0 Å². The summed E-state index contributed by atoms with van der Waals surface area (Å²) in [7, 11) is 0. The molecule has 224 valence electrons. The molecular weight excluding hydrogens is 496 g/mol. The van der Waals surface area contributed by atoms with Gasteiger partial charge in [-0.25, -0.2) is 0 Å². The second-order valence-corrected chi connectivity index (χ2v) is 15.3. The third kappa shape index (κ3) is 5.03. The highest BCUT2D eigenvalue weighted by Crippen LogP contribution is 2.69. The molecule has 5 heteroatoms. The van der Waals surface area contributed by atoms with E-state index in [0.29, 0.717) is 16.7 Å². The maximum absolute atomic E-state index is 6.88. The zero-order valence-electron chi connectivity index (χ0n) is 25.6. The van der Waals surface area contributed by atoms with Crippen molar-refractivity contribution in [2.45, 2.75) is 109 Å². The molecule has 2 saturated heterocycles. The summed E-state index contributed by atoms with van der Waals surface area (Å²) in [6.45, 7) is 14.1. The van der Waals surface area contributed by atoms with Gasteiger partial charge in [0, 0.05) is 25.9 Å². The van der Waals surface area contributed by atoms with Crippen LogP contribution in [0.5, 0.6) is 0 Å². The van der Waals surface area contributed by atoms with Crippen molar-refractivity contribution in [2.75, 3.05) is 52.5 Å². The first kappa shape index (κ1) is 27.9. The number of hydrogen-bond donors (Lipinski definition) is 0. The van der Waals surface area contributed by atoms with E-state index in [0.717, 1.165) is 62.8 Å². The third-order valence-corrected chi connectivity index (χ3v) is 13.6. The molecule has 0 aromatic carbocycles. The van der Waals surface area contributed by atoms with Crippen molar-refractivity contribution in [3.8, 4) is 0 Å². The summed E-state index contributed by atoms with van der Waals surface area (Å²) >= 11 is 0. The van der Waals surface area contributed by atoms with E-state index >= 15 is 0 Å². The Hall–Kier alpha value is -0.880. The Labute approximate surface area is 243 Å². The van der Waals surface area contributed by atoms with Gasteiger partial charge in [0.15, 0.2) is 5.79 Å². The van der Waals surface area contributed by atoms with Crippen LogP contribution in [0.1, 0.15) is 109 Å². The fraction of sp³-hybridized carbons (Fsp3) is 0.886. The lowest BCUT2D eigenvalue weighted by molar-refractivity contribution is -0.284. The van der Waals surface area contributed by atoms with Gasteiger partial charge in [-0.15, -0.1) is 0 Å². The molecule has 1 aromatic heterocycles. The molecule has 40 heavy (non-hydrogen) atoms. The zero-order chi connectivity index (χ0) is 27.2. The number of furan rings is 1. The lowest BCUT2D eigenvalue weighted by Crippen LogP contribution is -2.57. The van der Waals surface area contributed by atoms with E-state index < -0.39 is 0 Å². The Morgan fingerprint density at radius 2 is 1.45 bits per heavy atom. The summed E-state index contributed by atoms with van der Waals surface area (Å²) < 4.78 is 19.3. The van der Waals surface area contributed by atoms with Crippen LogP contribution in [-0.2, 0) is 9.47 Å². The Bertz CT molecular complexity index is 947. The fourth-order valence-electron chi connectivity index (χ4n) is 11.3. The summed E-state index contributed by atoms with van der Waals surface area (Å²) in [5, 5.41) is 0. The van der Waals surface area contributed by atoms with Crippen LogP contribution in [0.3, 0.4) is 0 Å². The van der Waals surface area contributed by atoms with Crippen LogP contribution >= 0.6 is 0 Å². The minimum Gasteiger partial charge on any atom is -0.472 e. The molecule has 1 aromatic rings. The van der Waals surface area contributed by atoms with Crippen molar-refractivity contribution >= 4 is 0 Å². The van der Waals surface area contributed by atoms with Gasteiger partial charge in [0.2, 0.25) is 0 Å². The number of rotatable bonds is 9. The molecule has 0 spiro atoms. The van der Waals surface area contributed by atoms with Crippen molar-refractivity contribution < 1.29 is 13.9 Å². The quantitative estimate of drug-likeness (QED) is 0.300. The Kier molecular flexibility index (Phi) is 7.90. The lowest BCUT2D eigenvalue weighted by atomic mass is 9.44. The van der Waals surface area contributed by atoms with Gasteiger partial charge in [-0.1, -0.05) is 13.8 Å². The molecule has 4 saturated carbocycles. The fourth-order valence-corrected chi connectivity index (χ4v) is 11.3. The minimum absolute atomic E-state index is 0.362. The Balaban J connectivity index is 1.04. The number of hydrogen-bond acceptors (Lipinski definition) is 5. The van der Waals surface area contributed by atoms with E-state index in [4.69, 9.17) is 13.9 Å². The Morgan fingerprint density at radius 3 is 2.10 bits per heavy atom. The van der Waals surface area contributed by atoms with Gasteiger partial charge in [-0.05, 0) is 149 Å². The highest BCUT2D eigenvalue weighted by Gasteiger charge is 2.62. The van der Waals surface area contributed by atoms with Gasteiger partial charge in [-0.3, -0.25) is 0 Å². The number of likely N-dealkylation sites (tertiary alicyclic amines) is 2. The molecule has 2 aliphatic heterocycles. The summed E-state index contributed by atoms with van der Waals surface area (Å²) in [6, 6.07) is 2.25. The molecule has 5 nitrogen and oxygen atoms in total. The summed E-state index contributed by atoms with van der Waals surface area (Å²) in [4.78, 5) is 5.18. The van der Waals surface area contributed by atoms with Crippen LogP contribution < -0.4 is 0 Å². The smallest absolute Gasteiger partial charge is 0.168 e. The monoisotopic (exact) mass is 552 g/mol. The van der Waals surface area contributed by atoms with Gasteiger partial charge in [-0.2, -0.15) is 0 Å². The normalized spacial score (nSPS) is 41.6. The molecule has 0 bridgehead atoms. The molecular formula is C35H56N2O3. The number of fused-ring (bicyclic) bond motifs is 5. The summed E-state index contributed by atoms with van der Waals surface area (Å²) in [6.07, 6.45) is 21.2. The predicted octanol–water partition coefficient (Wildman–Crippen LogP) is 7.33. The van der Waals surface area contributed by atoms with Crippen LogP contribution in [0.2, 0.25) is 0 Å². The van der Waals surface area contributed by atoms with Gasteiger partial charge in [0.05, 0.1) is 25.7 Å². The van der Waals surface area contributed by atoms with Crippen LogP contribution in [-0.4, -0.2) is 68.1 Å². The van der Waals surface area contributed by atoms with Crippen molar-refractivity contribution in [2.24, 2.45) is 34.5 Å². The van der Waals surface area contributed by atoms with Crippen LogP contribution in [0.15, 0.2) is 23.0 Å². The van der Waals surface area contributed by atoms with Gasteiger partial charge >= 0.3 is 0 Å². The molecule has 3 heterocycles. The van der Waals surface area contributed by atoms with Gasteiger partial charge < -0.3 is 23.7 Å². The first-order valence-corrected chi connectivity index (χ1v) is 17.2. The van der Waals surface area contributed by atoms with Gasteiger partial charge in [0.25, 0.3) is 0 Å². The molecule has 0 unspecified atom stereocenters. The maximum Gasteiger partial charge on any atom is 0.168 e. The first-order valence-electron chi connectivity index (χ1n) is 17.2. The average molecular weight is 553 g/mol. The molecule has 0 radical (unpaired) electrons. The zero-order valence-corrected chi connectivity index (χ0v) is 25.6. The number of nitrogens with zero attached hydrogens (tertiary/aromatic N) is 2. The molecule has 6 fully saturated rings. The molecule has 6 aliphatic rings. The van der Waals surface area contributed by atoms with Crippen molar-refractivity contribution in [3.05, 3.63) is 24.2 Å². The van der Waals surface area contributed by atoms with Crippen molar-refractivity contribution in [1.29, 1.82) is 0 Å². The van der Waals surface area contributed by atoms with Crippen LogP contribution in [0, 0.1) is 34.5 Å². The average Bonchev–Trinajstić information content (AvgIpc) is 3.77. The van der Waals surface area contributed by atoms with Crippen LogP contribution in [0.25, 0.3) is 0 Å². The predicted molar refractivity (Wildman–Crippen MR) is 159 cm³/mol. The maximum atomic E-state index is 6.88. The van der Waals surface area contributed by atoms with E-state index in [1.54, 1.807) is 0 Å². The number of ether oxygens (including phenoxy) is 2. The van der Waals surface area contributed by atoms with E-state index in [2.05, 4.69) is 29.7 Å². The summed E-state index contributed by atoms with van der Waals surface area (Å²) in [5.41, 5.74) is 2.35. The van der Waals surface area contributed by atoms with E-state index in [1.807, 2.05) is 12.5 Å². The Morgan fingerprint density at radius 1 is 0.775 bits per heavy atom.